The summed E-state index contributed by atoms with van der Waals surface area (Å²) in [5, 5.41) is 3.59. The molecular formula is C24H31ClN2O4. The molecule has 2 rings (SSSR count). The maximum absolute atomic E-state index is 13.2. The predicted molar refractivity (Wildman–Crippen MR) is 122 cm³/mol. The van der Waals surface area contributed by atoms with E-state index in [1.165, 1.54) is 0 Å². The van der Waals surface area contributed by atoms with Crippen molar-refractivity contribution in [1.82, 2.24) is 10.2 Å². The van der Waals surface area contributed by atoms with Crippen molar-refractivity contribution in [2.45, 2.75) is 52.2 Å². The van der Waals surface area contributed by atoms with E-state index in [9.17, 15) is 9.59 Å². The Kier molecular flexibility index (Phi) is 8.75. The molecule has 0 bridgehead atoms. The SMILES string of the molecule is CC[C@@H](C(=O)NC(C)(C)C)N(Cc1ccc(Cl)cc1)C(=O)COc1ccccc1OC. The number of nitrogens with one attached hydrogen (secondary N) is 1. The number of methoxy groups -OCH3 is 1. The molecule has 31 heavy (non-hydrogen) atoms. The van der Waals surface area contributed by atoms with Crippen molar-refractivity contribution in [3.8, 4) is 11.5 Å². The van der Waals surface area contributed by atoms with Gasteiger partial charge in [-0.05, 0) is 57.0 Å². The molecule has 1 atom stereocenters. The van der Waals surface area contributed by atoms with E-state index >= 15 is 0 Å². The lowest BCUT2D eigenvalue weighted by Gasteiger charge is -2.33. The molecular weight excluding hydrogens is 416 g/mol. The van der Waals surface area contributed by atoms with Crippen molar-refractivity contribution in [3.63, 3.8) is 0 Å². The van der Waals surface area contributed by atoms with E-state index in [0.29, 0.717) is 22.9 Å². The summed E-state index contributed by atoms with van der Waals surface area (Å²) < 4.78 is 11.0. The number of benzene rings is 2. The Morgan fingerprint density at radius 3 is 2.23 bits per heavy atom. The van der Waals surface area contributed by atoms with Gasteiger partial charge in [0, 0.05) is 17.1 Å². The molecule has 0 aromatic heterocycles. The van der Waals surface area contributed by atoms with Gasteiger partial charge in [0.15, 0.2) is 18.1 Å². The van der Waals surface area contributed by atoms with Gasteiger partial charge in [0.2, 0.25) is 5.91 Å². The molecule has 2 aromatic carbocycles. The summed E-state index contributed by atoms with van der Waals surface area (Å²) in [4.78, 5) is 27.7. The van der Waals surface area contributed by atoms with Gasteiger partial charge >= 0.3 is 0 Å². The molecule has 2 amide bonds. The highest BCUT2D eigenvalue weighted by atomic mass is 35.5. The first-order valence-corrected chi connectivity index (χ1v) is 10.6. The highest BCUT2D eigenvalue weighted by molar-refractivity contribution is 6.30. The van der Waals surface area contributed by atoms with Crippen molar-refractivity contribution < 1.29 is 19.1 Å². The summed E-state index contributed by atoms with van der Waals surface area (Å²) in [6, 6.07) is 13.7. The molecule has 1 N–H and O–H groups in total. The Hall–Kier alpha value is -2.73. The Labute approximate surface area is 189 Å². The first-order chi connectivity index (χ1) is 14.6. The van der Waals surface area contributed by atoms with Crippen molar-refractivity contribution >= 4 is 23.4 Å². The molecule has 0 spiro atoms. The van der Waals surface area contributed by atoms with Crippen LogP contribution in [0.2, 0.25) is 5.02 Å². The highest BCUT2D eigenvalue weighted by Gasteiger charge is 2.31. The maximum Gasteiger partial charge on any atom is 0.261 e. The lowest BCUT2D eigenvalue weighted by Crippen LogP contribution is -2.54. The zero-order valence-corrected chi connectivity index (χ0v) is 19.5. The van der Waals surface area contributed by atoms with Gasteiger partial charge in [0.05, 0.1) is 7.11 Å². The molecule has 0 saturated carbocycles. The van der Waals surface area contributed by atoms with Gasteiger partial charge in [-0.25, -0.2) is 0 Å². The van der Waals surface area contributed by atoms with Crippen molar-refractivity contribution in [2.75, 3.05) is 13.7 Å². The van der Waals surface area contributed by atoms with Gasteiger partial charge in [0.25, 0.3) is 5.91 Å². The number of para-hydroxylation sites is 2. The van der Waals surface area contributed by atoms with Crippen molar-refractivity contribution in [3.05, 3.63) is 59.1 Å². The monoisotopic (exact) mass is 446 g/mol. The molecule has 7 heteroatoms. The molecule has 0 radical (unpaired) electrons. The van der Waals surface area contributed by atoms with Gasteiger partial charge < -0.3 is 19.7 Å². The fourth-order valence-electron chi connectivity index (χ4n) is 3.12. The second-order valence-corrected chi connectivity index (χ2v) is 8.69. The molecule has 0 saturated heterocycles. The second-order valence-electron chi connectivity index (χ2n) is 8.25. The van der Waals surface area contributed by atoms with Crippen LogP contribution >= 0.6 is 11.6 Å². The minimum absolute atomic E-state index is 0.199. The quantitative estimate of drug-likeness (QED) is 0.617. The smallest absolute Gasteiger partial charge is 0.261 e. The van der Waals surface area contributed by atoms with E-state index in [-0.39, 0.29) is 25.0 Å². The van der Waals surface area contributed by atoms with Gasteiger partial charge in [-0.3, -0.25) is 9.59 Å². The number of hydrogen-bond donors (Lipinski definition) is 1. The molecule has 6 nitrogen and oxygen atoms in total. The van der Waals surface area contributed by atoms with E-state index in [4.69, 9.17) is 21.1 Å². The Morgan fingerprint density at radius 1 is 1.06 bits per heavy atom. The first kappa shape index (κ1) is 24.5. The van der Waals surface area contributed by atoms with Gasteiger partial charge in [-0.2, -0.15) is 0 Å². The number of halogens is 1. The molecule has 0 aliphatic carbocycles. The van der Waals surface area contributed by atoms with Crippen LogP contribution in [0.25, 0.3) is 0 Å². The summed E-state index contributed by atoms with van der Waals surface area (Å²) in [7, 11) is 1.54. The summed E-state index contributed by atoms with van der Waals surface area (Å²) in [6.45, 7) is 7.67. The largest absolute Gasteiger partial charge is 0.493 e. The van der Waals surface area contributed by atoms with Crippen LogP contribution in [0.3, 0.4) is 0 Å². The van der Waals surface area contributed by atoms with Crippen molar-refractivity contribution in [2.24, 2.45) is 0 Å². The Balaban J connectivity index is 2.25. The number of carbonyl (C=O) groups excluding carboxylic acids is 2. The summed E-state index contributed by atoms with van der Waals surface area (Å²) in [5.74, 6) is 0.514. The Morgan fingerprint density at radius 2 is 1.68 bits per heavy atom. The normalized spacial score (nSPS) is 12.1. The minimum atomic E-state index is -0.635. The first-order valence-electron chi connectivity index (χ1n) is 10.3. The maximum atomic E-state index is 13.2. The van der Waals surface area contributed by atoms with Crippen LogP contribution in [0.15, 0.2) is 48.5 Å². The average molecular weight is 447 g/mol. The molecule has 0 fully saturated rings. The van der Waals surface area contributed by atoms with E-state index in [1.807, 2.05) is 45.9 Å². The van der Waals surface area contributed by atoms with E-state index in [1.54, 1.807) is 42.3 Å². The van der Waals surface area contributed by atoms with Gasteiger partial charge in [-0.1, -0.05) is 42.8 Å². The van der Waals surface area contributed by atoms with Crippen LogP contribution in [0.5, 0.6) is 11.5 Å². The fourth-order valence-corrected chi connectivity index (χ4v) is 3.25. The van der Waals surface area contributed by atoms with E-state index in [2.05, 4.69) is 5.32 Å². The number of rotatable bonds is 9. The summed E-state index contributed by atoms with van der Waals surface area (Å²) >= 11 is 5.99. The molecule has 0 aliphatic rings. The van der Waals surface area contributed by atoms with Gasteiger partial charge in [-0.15, -0.1) is 0 Å². The summed E-state index contributed by atoms with van der Waals surface area (Å²) in [6.07, 6.45) is 0.468. The zero-order chi connectivity index (χ0) is 23.0. The van der Waals surface area contributed by atoms with E-state index in [0.717, 1.165) is 5.56 Å². The number of carbonyl (C=O) groups is 2. The molecule has 0 heterocycles. The standard InChI is InChI=1S/C24H31ClN2O4/c1-6-19(23(29)26-24(2,3)4)27(15-17-11-13-18(25)14-12-17)22(28)16-31-21-10-8-7-9-20(21)30-5/h7-14,19H,6,15-16H2,1-5H3,(H,26,29)/t19-/m0/s1. The molecule has 168 valence electrons. The number of nitrogens with zero attached hydrogens (tertiary/aromatic N) is 1. The van der Waals surface area contributed by atoms with Crippen LogP contribution in [0, 0.1) is 0 Å². The fraction of sp³-hybridized carbons (Fsp3) is 0.417. The topological polar surface area (TPSA) is 67.9 Å². The van der Waals surface area contributed by atoms with Crippen LogP contribution in [0.1, 0.15) is 39.7 Å². The highest BCUT2D eigenvalue weighted by Crippen LogP contribution is 2.26. The van der Waals surface area contributed by atoms with Crippen LogP contribution < -0.4 is 14.8 Å². The summed E-state index contributed by atoms with van der Waals surface area (Å²) in [5.41, 5.74) is 0.463. The van der Waals surface area contributed by atoms with Crippen molar-refractivity contribution in [1.29, 1.82) is 0 Å². The molecule has 0 unspecified atom stereocenters. The molecule has 0 aliphatic heterocycles. The van der Waals surface area contributed by atoms with Gasteiger partial charge in [0.1, 0.15) is 6.04 Å². The van der Waals surface area contributed by atoms with Crippen LogP contribution in [-0.2, 0) is 16.1 Å². The third kappa shape index (κ3) is 7.47. The predicted octanol–water partition coefficient (Wildman–Crippen LogP) is 4.45. The average Bonchev–Trinajstić information content (AvgIpc) is 2.72. The third-order valence-electron chi connectivity index (χ3n) is 4.57. The lowest BCUT2D eigenvalue weighted by atomic mass is 10.1. The van der Waals surface area contributed by atoms with E-state index < -0.39 is 11.6 Å². The number of hydrogen-bond acceptors (Lipinski definition) is 4. The zero-order valence-electron chi connectivity index (χ0n) is 18.8. The third-order valence-corrected chi connectivity index (χ3v) is 4.82. The lowest BCUT2D eigenvalue weighted by molar-refractivity contribution is -0.143. The van der Waals surface area contributed by atoms with Crippen LogP contribution in [-0.4, -0.2) is 42.0 Å². The minimum Gasteiger partial charge on any atom is -0.493 e. The molecule has 2 aromatic rings. The van der Waals surface area contributed by atoms with Crippen LogP contribution in [0.4, 0.5) is 0 Å². The second kappa shape index (κ2) is 11.0. The number of amides is 2. The number of ether oxygens (including phenoxy) is 2. The Bertz CT molecular complexity index is 878.